The van der Waals surface area contributed by atoms with E-state index in [4.69, 9.17) is 5.73 Å². The standard InChI is InChI=1S/C12H21N5O3/c1-5-17-8(13)7(9(18)16-11(17)20)15-6-12(2,3)10(19)14-4/h15H,5-6,13H2,1-4H3,(H,14,19)(H,16,18,20). The van der Waals surface area contributed by atoms with E-state index >= 15 is 0 Å². The molecule has 0 radical (unpaired) electrons. The van der Waals surface area contributed by atoms with Crippen LogP contribution in [-0.4, -0.2) is 29.1 Å². The number of carbonyl (C=O) groups excluding carboxylic acids is 1. The third kappa shape index (κ3) is 3.01. The summed E-state index contributed by atoms with van der Waals surface area (Å²) in [5.74, 6) is -0.0993. The van der Waals surface area contributed by atoms with Crippen molar-refractivity contribution in [3.8, 4) is 0 Å². The Morgan fingerprint density at radius 2 is 2.00 bits per heavy atom. The van der Waals surface area contributed by atoms with Crippen LogP contribution in [0.25, 0.3) is 0 Å². The highest BCUT2D eigenvalue weighted by molar-refractivity contribution is 5.82. The van der Waals surface area contributed by atoms with Crippen LogP contribution in [0.3, 0.4) is 0 Å². The molecule has 112 valence electrons. The minimum Gasteiger partial charge on any atom is -0.383 e. The molecule has 0 atom stereocenters. The van der Waals surface area contributed by atoms with Crippen molar-refractivity contribution in [2.45, 2.75) is 27.3 Å². The van der Waals surface area contributed by atoms with E-state index in [0.29, 0.717) is 6.54 Å². The fourth-order valence-corrected chi connectivity index (χ4v) is 1.80. The molecule has 0 spiro atoms. The van der Waals surface area contributed by atoms with Crippen molar-refractivity contribution in [2.75, 3.05) is 24.6 Å². The Labute approximate surface area is 116 Å². The first-order valence-electron chi connectivity index (χ1n) is 6.33. The zero-order valence-electron chi connectivity index (χ0n) is 12.2. The van der Waals surface area contributed by atoms with Gasteiger partial charge in [0.15, 0.2) is 0 Å². The zero-order valence-corrected chi connectivity index (χ0v) is 12.2. The van der Waals surface area contributed by atoms with Gasteiger partial charge in [0.1, 0.15) is 11.5 Å². The van der Waals surface area contributed by atoms with Crippen LogP contribution in [0.15, 0.2) is 9.59 Å². The van der Waals surface area contributed by atoms with Gasteiger partial charge in [-0.25, -0.2) is 4.79 Å². The molecule has 0 saturated heterocycles. The van der Waals surface area contributed by atoms with Gasteiger partial charge in [0.2, 0.25) is 5.91 Å². The Bertz CT molecular complexity index is 614. The second-order valence-corrected chi connectivity index (χ2v) is 5.08. The monoisotopic (exact) mass is 283 g/mol. The molecule has 1 aromatic rings. The highest BCUT2D eigenvalue weighted by Crippen LogP contribution is 2.17. The number of nitrogen functional groups attached to an aromatic ring is 1. The molecule has 0 aliphatic carbocycles. The molecule has 0 fully saturated rings. The number of nitrogens with zero attached hydrogens (tertiary/aromatic N) is 1. The minimum atomic E-state index is -0.721. The Morgan fingerprint density at radius 3 is 2.50 bits per heavy atom. The summed E-state index contributed by atoms with van der Waals surface area (Å²) in [7, 11) is 1.54. The van der Waals surface area contributed by atoms with E-state index in [1.165, 1.54) is 4.57 Å². The van der Waals surface area contributed by atoms with Crippen LogP contribution in [0.5, 0.6) is 0 Å². The number of amides is 1. The van der Waals surface area contributed by atoms with Crippen LogP contribution in [0, 0.1) is 5.41 Å². The van der Waals surface area contributed by atoms with Gasteiger partial charge in [-0.1, -0.05) is 0 Å². The first-order valence-corrected chi connectivity index (χ1v) is 6.33. The van der Waals surface area contributed by atoms with Crippen LogP contribution in [0.1, 0.15) is 20.8 Å². The molecule has 0 saturated carbocycles. The molecular weight excluding hydrogens is 262 g/mol. The smallest absolute Gasteiger partial charge is 0.330 e. The summed E-state index contributed by atoms with van der Waals surface area (Å²) in [6.45, 7) is 5.77. The SMILES string of the molecule is CCn1c(N)c(NCC(C)(C)C(=O)NC)c(=O)[nH]c1=O. The maximum absolute atomic E-state index is 11.8. The summed E-state index contributed by atoms with van der Waals surface area (Å²) in [5.41, 5.74) is 4.05. The zero-order chi connectivity index (χ0) is 15.5. The van der Waals surface area contributed by atoms with E-state index in [9.17, 15) is 14.4 Å². The number of rotatable bonds is 5. The number of H-pyrrole nitrogens is 1. The highest BCUT2D eigenvalue weighted by Gasteiger charge is 2.27. The first kappa shape index (κ1) is 15.8. The van der Waals surface area contributed by atoms with Crippen molar-refractivity contribution in [2.24, 2.45) is 5.41 Å². The van der Waals surface area contributed by atoms with Crippen LogP contribution >= 0.6 is 0 Å². The van der Waals surface area contributed by atoms with E-state index in [-0.39, 0.29) is 24.0 Å². The molecule has 0 aliphatic rings. The van der Waals surface area contributed by atoms with Crippen LogP contribution in [-0.2, 0) is 11.3 Å². The Kier molecular flexibility index (Phi) is 4.59. The molecule has 0 unspecified atom stereocenters. The molecule has 8 nitrogen and oxygen atoms in total. The van der Waals surface area contributed by atoms with E-state index in [1.807, 2.05) is 0 Å². The van der Waals surface area contributed by atoms with Crippen molar-refractivity contribution in [1.29, 1.82) is 0 Å². The summed E-state index contributed by atoms with van der Waals surface area (Å²) in [6, 6.07) is 0. The number of nitrogens with one attached hydrogen (secondary N) is 3. The summed E-state index contributed by atoms with van der Waals surface area (Å²) in [4.78, 5) is 37.2. The number of anilines is 2. The summed E-state index contributed by atoms with van der Waals surface area (Å²) < 4.78 is 1.25. The second kappa shape index (κ2) is 5.81. The average Bonchev–Trinajstić information content (AvgIpc) is 2.37. The molecule has 1 rings (SSSR count). The van der Waals surface area contributed by atoms with Crippen LogP contribution < -0.4 is 27.6 Å². The van der Waals surface area contributed by atoms with Crippen molar-refractivity contribution >= 4 is 17.4 Å². The number of nitrogens with two attached hydrogens (primary N) is 1. The lowest BCUT2D eigenvalue weighted by molar-refractivity contribution is -0.128. The summed E-state index contributed by atoms with van der Waals surface area (Å²) in [6.07, 6.45) is 0. The topological polar surface area (TPSA) is 122 Å². The molecule has 8 heteroatoms. The second-order valence-electron chi connectivity index (χ2n) is 5.08. The van der Waals surface area contributed by atoms with Gasteiger partial charge < -0.3 is 16.4 Å². The van der Waals surface area contributed by atoms with Crippen molar-refractivity contribution < 1.29 is 4.79 Å². The van der Waals surface area contributed by atoms with Gasteiger partial charge in [-0.3, -0.25) is 19.1 Å². The van der Waals surface area contributed by atoms with E-state index in [1.54, 1.807) is 27.8 Å². The maximum atomic E-state index is 11.8. The van der Waals surface area contributed by atoms with E-state index < -0.39 is 16.7 Å². The molecule has 0 aromatic carbocycles. The van der Waals surface area contributed by atoms with Crippen molar-refractivity contribution in [3.05, 3.63) is 20.8 Å². The normalized spacial score (nSPS) is 11.2. The molecule has 5 N–H and O–H groups in total. The molecule has 20 heavy (non-hydrogen) atoms. The predicted molar refractivity (Wildman–Crippen MR) is 77.7 cm³/mol. The quantitative estimate of drug-likeness (QED) is 0.570. The lowest BCUT2D eigenvalue weighted by atomic mass is 9.92. The first-order chi connectivity index (χ1) is 9.24. The number of aromatic amines is 1. The van der Waals surface area contributed by atoms with Gasteiger partial charge in [-0.2, -0.15) is 0 Å². The predicted octanol–water partition coefficient (Wildman–Crippen LogP) is -0.677. The van der Waals surface area contributed by atoms with E-state index in [0.717, 1.165) is 0 Å². The largest absolute Gasteiger partial charge is 0.383 e. The van der Waals surface area contributed by atoms with Crippen LogP contribution in [0.4, 0.5) is 11.5 Å². The van der Waals surface area contributed by atoms with Gasteiger partial charge in [0.25, 0.3) is 5.56 Å². The van der Waals surface area contributed by atoms with Gasteiger partial charge in [0.05, 0.1) is 5.41 Å². The van der Waals surface area contributed by atoms with Gasteiger partial charge in [-0.15, -0.1) is 0 Å². The minimum absolute atomic E-state index is 0.0638. The third-order valence-corrected chi connectivity index (χ3v) is 3.10. The van der Waals surface area contributed by atoms with Crippen molar-refractivity contribution in [3.63, 3.8) is 0 Å². The summed E-state index contributed by atoms with van der Waals surface area (Å²) in [5, 5.41) is 5.40. The number of carbonyl (C=O) groups is 1. The highest BCUT2D eigenvalue weighted by atomic mass is 16.2. The Morgan fingerprint density at radius 1 is 1.40 bits per heavy atom. The lowest BCUT2D eigenvalue weighted by Gasteiger charge is -2.23. The fourth-order valence-electron chi connectivity index (χ4n) is 1.80. The molecule has 1 amide bonds. The van der Waals surface area contributed by atoms with Gasteiger partial charge in [0, 0.05) is 20.1 Å². The number of aromatic nitrogens is 2. The molecular formula is C12H21N5O3. The fraction of sp³-hybridized carbons (Fsp3) is 0.583. The van der Waals surface area contributed by atoms with Gasteiger partial charge >= 0.3 is 5.69 Å². The van der Waals surface area contributed by atoms with Gasteiger partial charge in [-0.05, 0) is 20.8 Å². The molecule has 0 aliphatic heterocycles. The van der Waals surface area contributed by atoms with Crippen LogP contribution in [0.2, 0.25) is 0 Å². The van der Waals surface area contributed by atoms with Crippen molar-refractivity contribution in [1.82, 2.24) is 14.9 Å². The molecule has 1 heterocycles. The number of hydrogen-bond donors (Lipinski definition) is 4. The van der Waals surface area contributed by atoms with E-state index in [2.05, 4.69) is 15.6 Å². The Balaban J connectivity index is 3.09. The Hall–Kier alpha value is -2.25. The average molecular weight is 283 g/mol. The maximum Gasteiger partial charge on any atom is 0.330 e. The third-order valence-electron chi connectivity index (χ3n) is 3.10. The molecule has 1 aromatic heterocycles. The molecule has 0 bridgehead atoms. The lowest BCUT2D eigenvalue weighted by Crippen LogP contribution is -2.41. The number of hydrogen-bond acceptors (Lipinski definition) is 5. The summed E-state index contributed by atoms with van der Waals surface area (Å²) >= 11 is 0.